The minimum Gasteiger partial charge on any atom is -0.283 e. The Kier molecular flexibility index (Phi) is 2.92. The summed E-state index contributed by atoms with van der Waals surface area (Å²) in [5.41, 5.74) is -0.839. The Bertz CT molecular complexity index is 753. The van der Waals surface area contributed by atoms with Crippen molar-refractivity contribution < 1.29 is 9.31 Å². The van der Waals surface area contributed by atoms with Crippen molar-refractivity contribution in [1.29, 1.82) is 10.5 Å². The van der Waals surface area contributed by atoms with Gasteiger partial charge in [-0.05, 0) is 12.1 Å². The SMILES string of the molecule is N#Cc1ncn(-c2ccc(F)cc2[N+](=O)[O-])c1C#N. The molecule has 92 valence electrons. The molecule has 0 aliphatic rings. The van der Waals surface area contributed by atoms with Gasteiger partial charge in [0, 0.05) is 0 Å². The van der Waals surface area contributed by atoms with Crippen LogP contribution in [0.5, 0.6) is 0 Å². The lowest BCUT2D eigenvalue weighted by Crippen LogP contribution is -2.02. The topological polar surface area (TPSA) is 109 Å². The lowest BCUT2D eigenvalue weighted by atomic mass is 10.2. The number of nitro groups is 1. The summed E-state index contributed by atoms with van der Waals surface area (Å²) in [5, 5.41) is 28.6. The molecule has 0 radical (unpaired) electrons. The van der Waals surface area contributed by atoms with Crippen LogP contribution in [0.3, 0.4) is 0 Å². The van der Waals surface area contributed by atoms with E-state index in [0.29, 0.717) is 0 Å². The molecule has 0 fully saturated rings. The van der Waals surface area contributed by atoms with Crippen LogP contribution in [0.1, 0.15) is 11.4 Å². The largest absolute Gasteiger partial charge is 0.296 e. The van der Waals surface area contributed by atoms with Gasteiger partial charge in [0.2, 0.25) is 0 Å². The van der Waals surface area contributed by atoms with Crippen molar-refractivity contribution in [3.63, 3.8) is 0 Å². The third-order valence-corrected chi connectivity index (χ3v) is 2.37. The Morgan fingerprint density at radius 2 is 2.11 bits per heavy atom. The van der Waals surface area contributed by atoms with E-state index in [1.165, 1.54) is 0 Å². The molecule has 0 spiro atoms. The van der Waals surface area contributed by atoms with E-state index in [1.54, 1.807) is 12.1 Å². The van der Waals surface area contributed by atoms with Crippen LogP contribution in [0, 0.1) is 38.6 Å². The fourth-order valence-corrected chi connectivity index (χ4v) is 1.57. The zero-order chi connectivity index (χ0) is 14.0. The molecule has 0 amide bonds. The van der Waals surface area contributed by atoms with Crippen LogP contribution < -0.4 is 0 Å². The van der Waals surface area contributed by atoms with Crippen molar-refractivity contribution in [1.82, 2.24) is 9.55 Å². The summed E-state index contributed by atoms with van der Waals surface area (Å²) in [4.78, 5) is 13.8. The number of benzene rings is 1. The highest BCUT2D eigenvalue weighted by Gasteiger charge is 2.20. The van der Waals surface area contributed by atoms with Gasteiger partial charge >= 0.3 is 0 Å². The van der Waals surface area contributed by atoms with Crippen molar-refractivity contribution in [3.8, 4) is 17.8 Å². The number of nitrogens with zero attached hydrogens (tertiary/aromatic N) is 5. The molecule has 1 aromatic heterocycles. The van der Waals surface area contributed by atoms with Crippen LogP contribution in [0.15, 0.2) is 24.5 Å². The minimum absolute atomic E-state index is 0.0306. The standard InChI is InChI=1S/C11H4FN5O2/c12-7-1-2-9(10(3-7)17(18)19)16-6-15-8(4-13)11(16)5-14/h1-3,6H. The maximum absolute atomic E-state index is 13.0. The maximum atomic E-state index is 13.0. The van der Waals surface area contributed by atoms with Gasteiger partial charge in [-0.3, -0.25) is 14.7 Å². The van der Waals surface area contributed by atoms with Crippen LogP contribution >= 0.6 is 0 Å². The molecule has 2 rings (SSSR count). The number of hydrogen-bond donors (Lipinski definition) is 0. The lowest BCUT2D eigenvalue weighted by molar-refractivity contribution is -0.384. The quantitative estimate of drug-likeness (QED) is 0.600. The maximum Gasteiger partial charge on any atom is 0.296 e. The summed E-state index contributed by atoms with van der Waals surface area (Å²) in [6, 6.07) is 6.35. The number of nitriles is 2. The summed E-state index contributed by atoms with van der Waals surface area (Å²) in [7, 11) is 0. The van der Waals surface area contributed by atoms with Crippen LogP contribution in [0.2, 0.25) is 0 Å². The van der Waals surface area contributed by atoms with Gasteiger partial charge in [-0.1, -0.05) is 0 Å². The van der Waals surface area contributed by atoms with Gasteiger partial charge in [0.1, 0.15) is 30.0 Å². The predicted molar refractivity (Wildman–Crippen MR) is 59.6 cm³/mol. The molecule has 1 heterocycles. The molecular formula is C11H4FN5O2. The summed E-state index contributed by atoms with van der Waals surface area (Å²) in [6.45, 7) is 0. The van der Waals surface area contributed by atoms with Gasteiger partial charge < -0.3 is 0 Å². The summed E-state index contributed by atoms with van der Waals surface area (Å²) in [6.07, 6.45) is 1.11. The van der Waals surface area contributed by atoms with E-state index in [2.05, 4.69) is 4.98 Å². The number of imidazole rings is 1. The molecule has 0 N–H and O–H groups in total. The van der Waals surface area contributed by atoms with Crippen molar-refractivity contribution in [2.24, 2.45) is 0 Å². The Balaban J connectivity index is 2.74. The molecular weight excluding hydrogens is 253 g/mol. The molecule has 0 aliphatic carbocycles. The third-order valence-electron chi connectivity index (χ3n) is 2.37. The number of rotatable bonds is 2. The third kappa shape index (κ3) is 1.98. The zero-order valence-corrected chi connectivity index (χ0v) is 9.24. The van der Waals surface area contributed by atoms with Crippen molar-refractivity contribution in [2.45, 2.75) is 0 Å². The van der Waals surface area contributed by atoms with Gasteiger partial charge in [0.15, 0.2) is 11.4 Å². The molecule has 7 nitrogen and oxygen atoms in total. The molecule has 0 saturated heterocycles. The minimum atomic E-state index is -0.772. The van der Waals surface area contributed by atoms with E-state index in [-0.39, 0.29) is 17.1 Å². The number of hydrogen-bond acceptors (Lipinski definition) is 5. The Labute approximate surface area is 105 Å². The van der Waals surface area contributed by atoms with E-state index >= 15 is 0 Å². The first-order chi connectivity index (χ1) is 9.08. The fraction of sp³-hybridized carbons (Fsp3) is 0. The van der Waals surface area contributed by atoms with Crippen molar-refractivity contribution >= 4 is 5.69 Å². The molecule has 19 heavy (non-hydrogen) atoms. The molecule has 2 aromatic rings. The van der Waals surface area contributed by atoms with E-state index in [4.69, 9.17) is 10.5 Å². The Morgan fingerprint density at radius 3 is 2.68 bits per heavy atom. The molecule has 0 bridgehead atoms. The smallest absolute Gasteiger partial charge is 0.283 e. The second kappa shape index (κ2) is 4.55. The highest BCUT2D eigenvalue weighted by molar-refractivity contribution is 5.55. The Morgan fingerprint density at radius 1 is 1.37 bits per heavy atom. The average Bonchev–Trinajstić information content (AvgIpc) is 2.81. The van der Waals surface area contributed by atoms with Crippen molar-refractivity contribution in [3.05, 3.63) is 51.8 Å². The van der Waals surface area contributed by atoms with E-state index < -0.39 is 16.4 Å². The van der Waals surface area contributed by atoms with Gasteiger partial charge in [0.05, 0.1) is 11.0 Å². The number of nitro benzene ring substituents is 1. The van der Waals surface area contributed by atoms with Crippen LogP contribution in [-0.4, -0.2) is 14.5 Å². The average molecular weight is 257 g/mol. The van der Waals surface area contributed by atoms with Gasteiger partial charge in [0.25, 0.3) is 5.69 Å². The first kappa shape index (κ1) is 12.2. The molecule has 0 unspecified atom stereocenters. The van der Waals surface area contributed by atoms with E-state index in [0.717, 1.165) is 29.1 Å². The number of aromatic nitrogens is 2. The Hall–Kier alpha value is -3.26. The highest BCUT2D eigenvalue weighted by Crippen LogP contribution is 2.25. The van der Waals surface area contributed by atoms with Crippen LogP contribution in [-0.2, 0) is 0 Å². The first-order valence-corrected chi connectivity index (χ1v) is 4.90. The zero-order valence-electron chi connectivity index (χ0n) is 9.24. The van der Waals surface area contributed by atoms with Gasteiger partial charge in [-0.2, -0.15) is 10.5 Å². The normalized spacial score (nSPS) is 9.63. The van der Waals surface area contributed by atoms with Gasteiger partial charge in [-0.15, -0.1) is 0 Å². The van der Waals surface area contributed by atoms with Crippen LogP contribution in [0.4, 0.5) is 10.1 Å². The lowest BCUT2D eigenvalue weighted by Gasteiger charge is -2.04. The first-order valence-electron chi connectivity index (χ1n) is 4.90. The monoisotopic (exact) mass is 257 g/mol. The summed E-state index contributed by atoms with van der Waals surface area (Å²) in [5.74, 6) is -0.769. The number of halogens is 1. The molecule has 0 atom stereocenters. The fourth-order valence-electron chi connectivity index (χ4n) is 1.57. The van der Waals surface area contributed by atoms with Crippen LogP contribution in [0.25, 0.3) is 5.69 Å². The van der Waals surface area contributed by atoms with E-state index in [1.807, 2.05) is 0 Å². The molecule has 1 aromatic carbocycles. The molecule has 0 saturated carbocycles. The van der Waals surface area contributed by atoms with E-state index in [9.17, 15) is 14.5 Å². The highest BCUT2D eigenvalue weighted by atomic mass is 19.1. The summed E-state index contributed by atoms with van der Waals surface area (Å²) >= 11 is 0. The van der Waals surface area contributed by atoms with Crippen molar-refractivity contribution in [2.75, 3.05) is 0 Å². The second-order valence-corrected chi connectivity index (χ2v) is 3.43. The summed E-state index contributed by atoms with van der Waals surface area (Å²) < 4.78 is 14.1. The second-order valence-electron chi connectivity index (χ2n) is 3.43. The molecule has 0 aliphatic heterocycles. The van der Waals surface area contributed by atoms with Gasteiger partial charge in [-0.25, -0.2) is 9.37 Å². The molecule has 8 heteroatoms. The predicted octanol–water partition coefficient (Wildman–Crippen LogP) is 1.66.